The molecule has 0 radical (unpaired) electrons. The molecule has 0 unspecified atom stereocenters. The highest BCUT2D eigenvalue weighted by Crippen LogP contribution is 2.21. The van der Waals surface area contributed by atoms with E-state index in [0.717, 1.165) is 5.56 Å². The standard InChI is InChI=1S/C24H21FN4O3S/c1-16-7-13-20(14-8-16)33(31,32)28-19-11-9-18(10-12-19)27-24(30)21-15-26-29(17(21)2)23-6-4-3-5-22(23)25/h3-15,28H,1-2H3,(H,27,30). The molecule has 1 aromatic heterocycles. The van der Waals surface area contributed by atoms with E-state index in [4.69, 9.17) is 0 Å². The van der Waals surface area contributed by atoms with Gasteiger partial charge in [0.25, 0.3) is 15.9 Å². The molecule has 4 rings (SSSR count). The van der Waals surface area contributed by atoms with Crippen molar-refractivity contribution in [1.82, 2.24) is 9.78 Å². The van der Waals surface area contributed by atoms with E-state index < -0.39 is 21.7 Å². The molecule has 1 heterocycles. The van der Waals surface area contributed by atoms with Crippen LogP contribution in [0.1, 0.15) is 21.6 Å². The summed E-state index contributed by atoms with van der Waals surface area (Å²) in [6.45, 7) is 3.56. The fourth-order valence-corrected chi connectivity index (χ4v) is 4.31. The summed E-state index contributed by atoms with van der Waals surface area (Å²) in [5.74, 6) is -0.859. The Hall–Kier alpha value is -3.98. The molecule has 0 spiro atoms. The Balaban J connectivity index is 1.47. The molecular weight excluding hydrogens is 443 g/mol. The second-order valence-electron chi connectivity index (χ2n) is 7.46. The van der Waals surface area contributed by atoms with Gasteiger partial charge < -0.3 is 5.32 Å². The van der Waals surface area contributed by atoms with Gasteiger partial charge in [0, 0.05) is 11.4 Å². The number of amides is 1. The Morgan fingerprint density at radius 3 is 2.21 bits per heavy atom. The van der Waals surface area contributed by atoms with Gasteiger partial charge in [0.1, 0.15) is 11.5 Å². The molecule has 168 valence electrons. The molecule has 0 aliphatic heterocycles. The number of rotatable bonds is 6. The van der Waals surface area contributed by atoms with Crippen molar-refractivity contribution in [3.8, 4) is 5.69 Å². The van der Waals surface area contributed by atoms with Crippen LogP contribution in [0.25, 0.3) is 5.69 Å². The fourth-order valence-electron chi connectivity index (χ4n) is 3.25. The molecule has 3 aromatic carbocycles. The molecule has 0 aliphatic carbocycles. The van der Waals surface area contributed by atoms with Crippen LogP contribution in [-0.4, -0.2) is 24.1 Å². The largest absolute Gasteiger partial charge is 0.322 e. The molecule has 9 heteroatoms. The van der Waals surface area contributed by atoms with Gasteiger partial charge in [-0.1, -0.05) is 29.8 Å². The van der Waals surface area contributed by atoms with E-state index in [2.05, 4.69) is 15.1 Å². The van der Waals surface area contributed by atoms with Crippen molar-refractivity contribution >= 4 is 27.3 Å². The zero-order valence-electron chi connectivity index (χ0n) is 17.9. The Morgan fingerprint density at radius 2 is 1.55 bits per heavy atom. The number of halogens is 1. The van der Waals surface area contributed by atoms with Gasteiger partial charge in [-0.15, -0.1) is 0 Å². The molecule has 0 saturated heterocycles. The van der Waals surface area contributed by atoms with Crippen LogP contribution in [0.2, 0.25) is 0 Å². The zero-order chi connectivity index (χ0) is 23.6. The summed E-state index contributed by atoms with van der Waals surface area (Å²) in [6.07, 6.45) is 1.38. The lowest BCUT2D eigenvalue weighted by Crippen LogP contribution is -2.14. The van der Waals surface area contributed by atoms with Crippen molar-refractivity contribution in [3.05, 3.63) is 102 Å². The highest BCUT2D eigenvalue weighted by Gasteiger charge is 2.17. The molecule has 2 N–H and O–H groups in total. The third-order valence-electron chi connectivity index (χ3n) is 5.06. The number of aromatic nitrogens is 2. The van der Waals surface area contributed by atoms with Gasteiger partial charge in [-0.3, -0.25) is 9.52 Å². The van der Waals surface area contributed by atoms with Crippen molar-refractivity contribution in [3.63, 3.8) is 0 Å². The Bertz CT molecular complexity index is 1410. The molecule has 1 amide bonds. The van der Waals surface area contributed by atoms with Gasteiger partial charge in [-0.2, -0.15) is 5.10 Å². The van der Waals surface area contributed by atoms with Crippen LogP contribution < -0.4 is 10.0 Å². The van der Waals surface area contributed by atoms with Crippen LogP contribution in [0, 0.1) is 19.7 Å². The summed E-state index contributed by atoms with van der Waals surface area (Å²) in [5.41, 5.74) is 2.82. The van der Waals surface area contributed by atoms with E-state index in [0.29, 0.717) is 22.6 Å². The molecule has 0 saturated carbocycles. The van der Waals surface area contributed by atoms with Crippen LogP contribution in [0.15, 0.2) is 83.9 Å². The second-order valence-corrected chi connectivity index (χ2v) is 9.14. The highest BCUT2D eigenvalue weighted by atomic mass is 32.2. The van der Waals surface area contributed by atoms with E-state index >= 15 is 0 Å². The van der Waals surface area contributed by atoms with Crippen molar-refractivity contribution in [1.29, 1.82) is 0 Å². The van der Waals surface area contributed by atoms with Gasteiger partial charge >= 0.3 is 0 Å². The number of hydrogen-bond acceptors (Lipinski definition) is 4. The van der Waals surface area contributed by atoms with Crippen LogP contribution >= 0.6 is 0 Å². The summed E-state index contributed by atoms with van der Waals surface area (Å²) in [4.78, 5) is 12.9. The summed E-state index contributed by atoms with van der Waals surface area (Å²) in [7, 11) is -3.72. The number of sulfonamides is 1. The lowest BCUT2D eigenvalue weighted by molar-refractivity contribution is 0.102. The third-order valence-corrected chi connectivity index (χ3v) is 6.46. The van der Waals surface area contributed by atoms with Crippen LogP contribution in [0.5, 0.6) is 0 Å². The normalized spacial score (nSPS) is 11.2. The van der Waals surface area contributed by atoms with E-state index in [1.54, 1.807) is 61.5 Å². The number of para-hydroxylation sites is 1. The lowest BCUT2D eigenvalue weighted by atomic mass is 10.2. The molecule has 33 heavy (non-hydrogen) atoms. The average molecular weight is 465 g/mol. The van der Waals surface area contributed by atoms with Gasteiger partial charge in [-0.05, 0) is 62.4 Å². The first-order valence-electron chi connectivity index (χ1n) is 10.0. The molecule has 0 fully saturated rings. The van der Waals surface area contributed by atoms with Crippen molar-refractivity contribution in [2.45, 2.75) is 18.7 Å². The molecule has 4 aromatic rings. The van der Waals surface area contributed by atoms with Gasteiger partial charge in [0.05, 0.1) is 22.3 Å². The zero-order valence-corrected chi connectivity index (χ0v) is 18.7. The first kappa shape index (κ1) is 22.2. The summed E-state index contributed by atoms with van der Waals surface area (Å²) in [5, 5.41) is 6.88. The van der Waals surface area contributed by atoms with Gasteiger partial charge in [0.2, 0.25) is 0 Å². The summed E-state index contributed by atoms with van der Waals surface area (Å²) in [6, 6.07) is 19.0. The van der Waals surface area contributed by atoms with E-state index in [1.165, 1.54) is 29.1 Å². The highest BCUT2D eigenvalue weighted by molar-refractivity contribution is 7.92. The predicted octanol–water partition coefficient (Wildman–Crippen LogP) is 4.68. The number of nitrogens with one attached hydrogen (secondary N) is 2. The maximum atomic E-state index is 14.1. The minimum Gasteiger partial charge on any atom is -0.322 e. The number of hydrogen-bond donors (Lipinski definition) is 2. The van der Waals surface area contributed by atoms with E-state index in [-0.39, 0.29) is 10.6 Å². The van der Waals surface area contributed by atoms with Crippen molar-refractivity contribution in [2.75, 3.05) is 10.0 Å². The minimum atomic E-state index is -3.72. The second kappa shape index (κ2) is 8.87. The smallest absolute Gasteiger partial charge is 0.261 e. The molecule has 7 nitrogen and oxygen atoms in total. The lowest BCUT2D eigenvalue weighted by Gasteiger charge is -2.10. The summed E-state index contributed by atoms with van der Waals surface area (Å²) >= 11 is 0. The molecule has 0 bridgehead atoms. The van der Waals surface area contributed by atoms with Gasteiger partial charge in [0.15, 0.2) is 0 Å². The molecular formula is C24H21FN4O3S. The molecule has 0 aliphatic rings. The van der Waals surface area contributed by atoms with E-state index in [1.807, 2.05) is 6.92 Å². The first-order valence-corrected chi connectivity index (χ1v) is 11.5. The predicted molar refractivity (Wildman–Crippen MR) is 125 cm³/mol. The third kappa shape index (κ3) is 4.78. The minimum absolute atomic E-state index is 0.160. The quantitative estimate of drug-likeness (QED) is 0.433. The Morgan fingerprint density at radius 1 is 0.909 bits per heavy atom. The number of carbonyl (C=O) groups excluding carboxylic acids is 1. The number of nitrogens with zero attached hydrogens (tertiary/aromatic N) is 2. The summed E-state index contributed by atoms with van der Waals surface area (Å²) < 4.78 is 43.0. The first-order chi connectivity index (χ1) is 15.7. The number of aryl methyl sites for hydroxylation is 1. The number of carbonyl (C=O) groups is 1. The van der Waals surface area contributed by atoms with E-state index in [9.17, 15) is 17.6 Å². The monoisotopic (exact) mass is 464 g/mol. The Kier molecular flexibility index (Phi) is 5.97. The molecule has 0 atom stereocenters. The van der Waals surface area contributed by atoms with Crippen LogP contribution in [0.4, 0.5) is 15.8 Å². The number of anilines is 2. The number of benzene rings is 3. The topological polar surface area (TPSA) is 93.1 Å². The van der Waals surface area contributed by atoms with Crippen LogP contribution in [-0.2, 0) is 10.0 Å². The SMILES string of the molecule is Cc1ccc(S(=O)(=O)Nc2ccc(NC(=O)c3cnn(-c4ccccc4F)c3C)cc2)cc1. The maximum Gasteiger partial charge on any atom is 0.261 e. The fraction of sp³-hybridized carbons (Fsp3) is 0.0833. The van der Waals surface area contributed by atoms with Crippen molar-refractivity contribution < 1.29 is 17.6 Å². The van der Waals surface area contributed by atoms with Crippen LogP contribution in [0.3, 0.4) is 0 Å². The average Bonchev–Trinajstić information content (AvgIpc) is 3.17. The van der Waals surface area contributed by atoms with Crippen molar-refractivity contribution in [2.24, 2.45) is 0 Å². The maximum absolute atomic E-state index is 14.1. The van der Waals surface area contributed by atoms with Gasteiger partial charge in [-0.25, -0.2) is 17.5 Å². The Labute approximate surface area is 190 Å².